The molecule has 2 fully saturated rings. The number of Topliss-reactive ketones (excluding diaryl/α,β-unsaturated/α-hetero) is 1. The van der Waals surface area contributed by atoms with Gasteiger partial charge in [0.25, 0.3) is 0 Å². The van der Waals surface area contributed by atoms with E-state index in [2.05, 4.69) is 34.8 Å². The molecular formula is C26H41BrO3. The van der Waals surface area contributed by atoms with Gasteiger partial charge in [-0.3, -0.25) is 9.59 Å². The molecule has 0 heterocycles. The summed E-state index contributed by atoms with van der Waals surface area (Å²) in [6, 6.07) is 0. The van der Waals surface area contributed by atoms with Crippen molar-refractivity contribution in [2.45, 2.75) is 93.4 Å². The minimum atomic E-state index is -0.526. The molecule has 2 saturated carbocycles. The Kier molecular flexibility index (Phi) is 8.58. The Morgan fingerprint density at radius 2 is 1.97 bits per heavy atom. The largest absolute Gasteiger partial charge is 0.461 e. The van der Waals surface area contributed by atoms with Gasteiger partial charge in [0.2, 0.25) is 0 Å². The third-order valence-corrected chi connectivity index (χ3v) is 8.20. The first-order valence-corrected chi connectivity index (χ1v) is 12.5. The van der Waals surface area contributed by atoms with Crippen molar-refractivity contribution >= 4 is 27.7 Å². The van der Waals surface area contributed by atoms with Gasteiger partial charge in [-0.2, -0.15) is 0 Å². The average Bonchev–Trinajstić information content (AvgIpc) is 3.02. The van der Waals surface area contributed by atoms with Crippen LogP contribution in [0.5, 0.6) is 0 Å². The molecule has 0 bridgehead atoms. The first-order chi connectivity index (χ1) is 14.0. The number of ether oxygens (including phenoxy) is 1. The molecule has 170 valence electrons. The number of esters is 1. The highest BCUT2D eigenvalue weighted by atomic mass is 79.9. The normalized spacial score (nSPS) is 29.9. The van der Waals surface area contributed by atoms with Crippen LogP contribution in [0.1, 0.15) is 93.4 Å². The van der Waals surface area contributed by atoms with Crippen LogP contribution < -0.4 is 0 Å². The van der Waals surface area contributed by atoms with Crippen molar-refractivity contribution < 1.29 is 14.3 Å². The van der Waals surface area contributed by atoms with Crippen LogP contribution in [0, 0.1) is 28.6 Å². The predicted molar refractivity (Wildman–Crippen MR) is 127 cm³/mol. The zero-order valence-electron chi connectivity index (χ0n) is 20.1. The molecule has 4 heteroatoms. The Bertz CT molecular complexity index is 712. The van der Waals surface area contributed by atoms with Crippen LogP contribution in [0.25, 0.3) is 0 Å². The fourth-order valence-electron chi connectivity index (χ4n) is 5.92. The number of carbonyl (C=O) groups excluding carboxylic acids is 2. The molecule has 4 atom stereocenters. The summed E-state index contributed by atoms with van der Waals surface area (Å²) < 4.78 is 5.46. The lowest BCUT2D eigenvalue weighted by Crippen LogP contribution is -2.36. The van der Waals surface area contributed by atoms with Crippen LogP contribution in [-0.2, 0) is 14.3 Å². The van der Waals surface area contributed by atoms with Crippen LogP contribution in [0.2, 0.25) is 0 Å². The lowest BCUT2D eigenvalue weighted by molar-refractivity contribution is -0.151. The van der Waals surface area contributed by atoms with E-state index in [-0.39, 0.29) is 18.4 Å². The summed E-state index contributed by atoms with van der Waals surface area (Å²) in [6.07, 6.45) is 7.46. The van der Waals surface area contributed by atoms with Gasteiger partial charge in [-0.1, -0.05) is 42.3 Å². The van der Waals surface area contributed by atoms with Crippen molar-refractivity contribution in [3.05, 3.63) is 21.7 Å². The molecule has 30 heavy (non-hydrogen) atoms. The van der Waals surface area contributed by atoms with Crippen LogP contribution in [0.4, 0.5) is 0 Å². The summed E-state index contributed by atoms with van der Waals surface area (Å²) in [5.41, 5.74) is 3.08. The van der Waals surface area contributed by atoms with E-state index < -0.39 is 5.41 Å². The SMILES string of the molecule is CC/C(C(=O)C[C@@H](C)[C@H]1CC[C@H]2C(=CBr)CCC[C@]12C)=C(/C)COC(=O)C(C)(C)C. The molecule has 0 unspecified atom stereocenters. The second-order valence-electron chi connectivity index (χ2n) is 10.8. The minimum Gasteiger partial charge on any atom is -0.461 e. The molecule has 2 aliphatic carbocycles. The van der Waals surface area contributed by atoms with Gasteiger partial charge in [0.05, 0.1) is 5.41 Å². The molecule has 0 aromatic carbocycles. The van der Waals surface area contributed by atoms with Crippen molar-refractivity contribution in [1.29, 1.82) is 0 Å². The Hall–Kier alpha value is -0.900. The fraction of sp³-hybridized carbons (Fsp3) is 0.769. The van der Waals surface area contributed by atoms with Gasteiger partial charge in [-0.25, -0.2) is 0 Å². The van der Waals surface area contributed by atoms with Crippen LogP contribution in [0.3, 0.4) is 0 Å². The Morgan fingerprint density at radius 3 is 2.53 bits per heavy atom. The summed E-state index contributed by atoms with van der Waals surface area (Å²) in [4.78, 5) is 27.4. The standard InChI is InChI=1S/C26H41BrO3/c1-8-20(18(3)16-30-24(29)25(4,5)6)23(28)14-17(2)21-11-12-22-19(15-27)10-9-13-26(21,22)7/h15,17,21-22H,8-14,16H2,1-7H3/b19-15?,20-18+/t17-,21-,22+,26-/m1/s1. The number of rotatable bonds is 7. The highest BCUT2D eigenvalue weighted by molar-refractivity contribution is 9.11. The maximum absolute atomic E-state index is 13.2. The van der Waals surface area contributed by atoms with E-state index in [1.54, 1.807) is 5.57 Å². The summed E-state index contributed by atoms with van der Waals surface area (Å²) in [7, 11) is 0. The first-order valence-electron chi connectivity index (χ1n) is 11.6. The number of allylic oxidation sites excluding steroid dienone is 2. The molecule has 0 spiro atoms. The lowest BCUT2D eigenvalue weighted by atomic mass is 9.61. The van der Waals surface area contributed by atoms with Crippen molar-refractivity contribution in [3.8, 4) is 0 Å². The molecule has 0 amide bonds. The Morgan fingerprint density at radius 1 is 1.30 bits per heavy atom. The number of fused-ring (bicyclic) bond motifs is 1. The summed E-state index contributed by atoms with van der Waals surface area (Å²) in [5.74, 6) is 1.62. The maximum Gasteiger partial charge on any atom is 0.311 e. The molecular weight excluding hydrogens is 440 g/mol. The molecule has 0 aliphatic heterocycles. The van der Waals surface area contributed by atoms with Crippen LogP contribution >= 0.6 is 15.9 Å². The van der Waals surface area contributed by atoms with Gasteiger partial charge in [0, 0.05) is 6.42 Å². The van der Waals surface area contributed by atoms with E-state index in [4.69, 9.17) is 4.74 Å². The maximum atomic E-state index is 13.2. The van der Waals surface area contributed by atoms with E-state index in [0.717, 1.165) is 11.1 Å². The zero-order chi connectivity index (χ0) is 22.7. The summed E-state index contributed by atoms with van der Waals surface area (Å²) >= 11 is 3.59. The third-order valence-electron chi connectivity index (χ3n) is 7.61. The van der Waals surface area contributed by atoms with Gasteiger partial charge >= 0.3 is 5.97 Å². The van der Waals surface area contributed by atoms with E-state index in [1.165, 1.54) is 32.1 Å². The Balaban J connectivity index is 2.07. The molecule has 0 radical (unpaired) electrons. The first kappa shape index (κ1) is 25.4. The van der Waals surface area contributed by atoms with Crippen molar-refractivity contribution in [1.82, 2.24) is 0 Å². The fourth-order valence-corrected chi connectivity index (χ4v) is 6.47. The van der Waals surface area contributed by atoms with Crippen molar-refractivity contribution in [2.24, 2.45) is 28.6 Å². The second kappa shape index (κ2) is 10.1. The smallest absolute Gasteiger partial charge is 0.311 e. The molecule has 3 nitrogen and oxygen atoms in total. The van der Waals surface area contributed by atoms with Crippen LogP contribution in [0.15, 0.2) is 21.7 Å². The average molecular weight is 482 g/mol. The van der Waals surface area contributed by atoms with Crippen molar-refractivity contribution in [2.75, 3.05) is 6.61 Å². The van der Waals surface area contributed by atoms with E-state index in [0.29, 0.717) is 36.0 Å². The van der Waals surface area contributed by atoms with Gasteiger partial charge in [-0.05, 0) is 106 Å². The van der Waals surface area contributed by atoms with E-state index in [1.807, 2.05) is 34.6 Å². The summed E-state index contributed by atoms with van der Waals surface area (Å²) in [5, 5.41) is 0. The predicted octanol–water partition coefficient (Wildman–Crippen LogP) is 7.39. The van der Waals surface area contributed by atoms with Gasteiger partial charge in [-0.15, -0.1) is 0 Å². The molecule has 0 aromatic heterocycles. The molecule has 2 aliphatic rings. The number of hydrogen-bond acceptors (Lipinski definition) is 3. The number of carbonyl (C=O) groups is 2. The third kappa shape index (κ3) is 5.47. The Labute approximate surface area is 192 Å². The second-order valence-corrected chi connectivity index (χ2v) is 11.3. The van der Waals surface area contributed by atoms with Crippen molar-refractivity contribution in [3.63, 3.8) is 0 Å². The molecule has 0 aromatic rings. The van der Waals surface area contributed by atoms with Gasteiger partial charge < -0.3 is 4.74 Å². The molecule has 2 rings (SSSR count). The number of hydrogen-bond donors (Lipinski definition) is 0. The number of halogens is 1. The number of ketones is 1. The zero-order valence-corrected chi connectivity index (χ0v) is 21.7. The van der Waals surface area contributed by atoms with Gasteiger partial charge in [0.1, 0.15) is 6.61 Å². The highest BCUT2D eigenvalue weighted by Crippen LogP contribution is 2.59. The molecule has 0 N–H and O–H groups in total. The lowest BCUT2D eigenvalue weighted by Gasteiger charge is -2.44. The summed E-state index contributed by atoms with van der Waals surface area (Å²) in [6.45, 7) is 14.4. The quantitative estimate of drug-likeness (QED) is 0.281. The molecule has 0 saturated heterocycles. The topological polar surface area (TPSA) is 43.4 Å². The van der Waals surface area contributed by atoms with E-state index >= 15 is 0 Å². The van der Waals surface area contributed by atoms with Crippen LogP contribution in [-0.4, -0.2) is 18.4 Å². The monoisotopic (exact) mass is 480 g/mol. The van der Waals surface area contributed by atoms with E-state index in [9.17, 15) is 9.59 Å². The highest BCUT2D eigenvalue weighted by Gasteiger charge is 2.50. The van der Waals surface area contributed by atoms with Gasteiger partial charge in [0.15, 0.2) is 5.78 Å². The minimum absolute atomic E-state index is 0.210.